The van der Waals surface area contributed by atoms with Gasteiger partial charge in [0.05, 0.1) is 0 Å². The first-order valence-electron chi connectivity index (χ1n) is 6.85. The largest absolute Gasteiger partial charge is 0.362 e. The summed E-state index contributed by atoms with van der Waals surface area (Å²) in [5.41, 5.74) is 0. The molecule has 0 bridgehead atoms. The smallest absolute Gasteiger partial charge is 0.123 e. The van der Waals surface area contributed by atoms with Gasteiger partial charge in [-0.2, -0.15) is 5.32 Å². The van der Waals surface area contributed by atoms with Crippen molar-refractivity contribution >= 4 is 0 Å². The minimum atomic E-state index is -0.0669. The van der Waals surface area contributed by atoms with Crippen molar-refractivity contribution in [2.45, 2.75) is 66.8 Å². The molecule has 2 atom stereocenters. The van der Waals surface area contributed by atoms with E-state index in [4.69, 9.17) is 9.47 Å². The van der Waals surface area contributed by atoms with E-state index in [1.165, 1.54) is 0 Å². The van der Waals surface area contributed by atoms with Crippen LogP contribution in [0.15, 0.2) is 0 Å². The average Bonchev–Trinajstić information content (AvgIpc) is 2.15. The number of rotatable bonds is 10. The maximum Gasteiger partial charge on any atom is 0.123 e. The summed E-state index contributed by atoms with van der Waals surface area (Å²) >= 11 is 0. The first kappa shape index (κ1) is 16.9. The highest BCUT2D eigenvalue weighted by molar-refractivity contribution is 4.53. The molecule has 0 N–H and O–H groups in total. The van der Waals surface area contributed by atoms with Crippen molar-refractivity contribution in [2.24, 2.45) is 11.8 Å². The van der Waals surface area contributed by atoms with Crippen molar-refractivity contribution < 1.29 is 9.47 Å². The van der Waals surface area contributed by atoms with Crippen LogP contribution < -0.4 is 5.32 Å². The van der Waals surface area contributed by atoms with Gasteiger partial charge in [-0.15, -0.1) is 0 Å². The Bertz CT molecular complexity index is 154. The fourth-order valence-corrected chi connectivity index (χ4v) is 1.33. The lowest BCUT2D eigenvalue weighted by atomic mass is 10.1. The van der Waals surface area contributed by atoms with Crippen molar-refractivity contribution in [3.8, 4) is 0 Å². The van der Waals surface area contributed by atoms with Crippen molar-refractivity contribution in [2.75, 3.05) is 13.2 Å². The van der Waals surface area contributed by atoms with Crippen LogP contribution in [-0.4, -0.2) is 25.7 Å². The molecule has 0 aromatic carbocycles. The second kappa shape index (κ2) is 9.86. The zero-order valence-electron chi connectivity index (χ0n) is 12.4. The van der Waals surface area contributed by atoms with E-state index < -0.39 is 0 Å². The molecule has 0 aliphatic carbocycles. The van der Waals surface area contributed by atoms with E-state index in [1.54, 1.807) is 0 Å². The van der Waals surface area contributed by atoms with Gasteiger partial charge in [0.1, 0.15) is 12.5 Å². The zero-order valence-corrected chi connectivity index (χ0v) is 12.4. The third-order valence-electron chi connectivity index (χ3n) is 2.53. The van der Waals surface area contributed by atoms with Crippen molar-refractivity contribution in [3.05, 3.63) is 0 Å². The van der Waals surface area contributed by atoms with Crippen LogP contribution in [0.3, 0.4) is 0 Å². The molecular formula is C14H30NO2. The minimum Gasteiger partial charge on any atom is -0.362 e. The Morgan fingerprint density at radius 1 is 0.706 bits per heavy atom. The molecule has 1 radical (unpaired) electrons. The van der Waals surface area contributed by atoms with Crippen LogP contribution in [0.2, 0.25) is 0 Å². The summed E-state index contributed by atoms with van der Waals surface area (Å²) < 4.78 is 11.2. The van der Waals surface area contributed by atoms with Crippen LogP contribution in [0.25, 0.3) is 0 Å². The van der Waals surface area contributed by atoms with Crippen LogP contribution in [0.5, 0.6) is 0 Å². The first-order valence-corrected chi connectivity index (χ1v) is 6.85. The molecule has 0 aliphatic rings. The molecule has 0 amide bonds. The molecule has 0 spiro atoms. The van der Waals surface area contributed by atoms with Crippen molar-refractivity contribution in [1.82, 2.24) is 5.32 Å². The number of hydrogen-bond donors (Lipinski definition) is 0. The number of nitrogens with zero attached hydrogens (tertiary/aromatic N) is 1. The molecule has 0 aromatic rings. The molecule has 3 heteroatoms. The summed E-state index contributed by atoms with van der Waals surface area (Å²) in [5, 5.41) is 4.43. The Kier molecular flexibility index (Phi) is 9.79. The molecule has 0 aliphatic heterocycles. The Morgan fingerprint density at radius 2 is 1.06 bits per heavy atom. The first-order chi connectivity index (χ1) is 7.91. The standard InChI is InChI=1S/C14H30NO2/c1-11(2)7-9-16-13(5)15-14(6)17-10-8-12(3)4/h11-14H,7-10H2,1-6H3. The van der Waals surface area contributed by atoms with E-state index in [2.05, 4.69) is 33.0 Å². The molecule has 0 heterocycles. The summed E-state index contributed by atoms with van der Waals surface area (Å²) in [5.74, 6) is 1.36. The maximum absolute atomic E-state index is 5.60. The molecule has 3 nitrogen and oxygen atoms in total. The molecule has 0 saturated carbocycles. The highest BCUT2D eigenvalue weighted by Crippen LogP contribution is 2.04. The molecule has 2 unspecified atom stereocenters. The van der Waals surface area contributed by atoms with Crippen molar-refractivity contribution in [3.63, 3.8) is 0 Å². The van der Waals surface area contributed by atoms with Crippen LogP contribution in [-0.2, 0) is 9.47 Å². The van der Waals surface area contributed by atoms with Gasteiger partial charge in [0, 0.05) is 13.2 Å². The van der Waals surface area contributed by atoms with Gasteiger partial charge >= 0.3 is 0 Å². The van der Waals surface area contributed by atoms with Gasteiger partial charge in [-0.05, 0) is 38.5 Å². The summed E-state index contributed by atoms with van der Waals surface area (Å²) in [6.07, 6.45) is 2.04. The van der Waals surface area contributed by atoms with Crippen LogP contribution in [0.4, 0.5) is 0 Å². The molecular weight excluding hydrogens is 214 g/mol. The molecule has 0 fully saturated rings. The fourth-order valence-electron chi connectivity index (χ4n) is 1.33. The van der Waals surface area contributed by atoms with E-state index >= 15 is 0 Å². The van der Waals surface area contributed by atoms with Crippen molar-refractivity contribution in [1.29, 1.82) is 0 Å². The lowest BCUT2D eigenvalue weighted by molar-refractivity contribution is -0.0385. The summed E-state index contributed by atoms with van der Waals surface area (Å²) in [4.78, 5) is 0. The SMILES string of the molecule is CC(C)CCOC(C)[N]C(C)OCCC(C)C. The maximum atomic E-state index is 5.60. The van der Waals surface area contributed by atoms with Gasteiger partial charge in [-0.1, -0.05) is 27.7 Å². The van der Waals surface area contributed by atoms with Gasteiger partial charge in [0.15, 0.2) is 0 Å². The van der Waals surface area contributed by atoms with E-state index in [1.807, 2.05) is 13.8 Å². The van der Waals surface area contributed by atoms with Gasteiger partial charge in [-0.3, -0.25) is 0 Å². The normalized spacial score (nSPS) is 15.5. The third-order valence-corrected chi connectivity index (χ3v) is 2.53. The Hall–Kier alpha value is -0.120. The summed E-state index contributed by atoms with van der Waals surface area (Å²) in [7, 11) is 0. The molecule has 17 heavy (non-hydrogen) atoms. The summed E-state index contributed by atoms with van der Waals surface area (Å²) in [6, 6.07) is 0. The topological polar surface area (TPSA) is 32.6 Å². The van der Waals surface area contributed by atoms with Gasteiger partial charge in [0.25, 0.3) is 0 Å². The minimum absolute atomic E-state index is 0.0669. The van der Waals surface area contributed by atoms with E-state index in [9.17, 15) is 0 Å². The molecule has 0 saturated heterocycles. The second-order valence-electron chi connectivity index (χ2n) is 5.45. The van der Waals surface area contributed by atoms with Gasteiger partial charge < -0.3 is 9.47 Å². The predicted octanol–water partition coefficient (Wildman–Crippen LogP) is 3.41. The Labute approximate surface area is 107 Å². The molecule has 0 aromatic heterocycles. The highest BCUT2D eigenvalue weighted by atomic mass is 16.5. The van der Waals surface area contributed by atoms with Crippen LogP contribution in [0, 0.1) is 11.8 Å². The lowest BCUT2D eigenvalue weighted by Gasteiger charge is -2.19. The van der Waals surface area contributed by atoms with Gasteiger partial charge in [-0.25, -0.2) is 0 Å². The number of hydrogen-bond acceptors (Lipinski definition) is 2. The fraction of sp³-hybridized carbons (Fsp3) is 1.00. The van der Waals surface area contributed by atoms with Gasteiger partial charge in [0.2, 0.25) is 0 Å². The van der Waals surface area contributed by atoms with E-state index in [-0.39, 0.29) is 12.5 Å². The Morgan fingerprint density at radius 3 is 1.35 bits per heavy atom. The zero-order chi connectivity index (χ0) is 13.3. The van der Waals surface area contributed by atoms with Crippen LogP contribution in [0.1, 0.15) is 54.4 Å². The second-order valence-corrected chi connectivity index (χ2v) is 5.45. The lowest BCUT2D eigenvalue weighted by Crippen LogP contribution is -2.32. The van der Waals surface area contributed by atoms with Crippen LogP contribution >= 0.6 is 0 Å². The number of ether oxygens (including phenoxy) is 2. The summed E-state index contributed by atoms with van der Waals surface area (Å²) in [6.45, 7) is 14.3. The molecule has 0 rings (SSSR count). The highest BCUT2D eigenvalue weighted by Gasteiger charge is 2.10. The van der Waals surface area contributed by atoms with E-state index in [0.717, 1.165) is 26.1 Å². The molecule has 103 valence electrons. The quantitative estimate of drug-likeness (QED) is 0.590. The predicted molar refractivity (Wildman–Crippen MR) is 71.9 cm³/mol. The monoisotopic (exact) mass is 244 g/mol. The third kappa shape index (κ3) is 12.1. The average molecular weight is 244 g/mol. The Balaban J connectivity index is 3.48. The van der Waals surface area contributed by atoms with E-state index in [0.29, 0.717) is 11.8 Å².